The van der Waals surface area contributed by atoms with Crippen molar-refractivity contribution in [3.05, 3.63) is 0 Å². The summed E-state index contributed by atoms with van der Waals surface area (Å²) in [5.41, 5.74) is 5.03. The average molecular weight is 144 g/mol. The molecule has 1 rings (SSSR count). The van der Waals surface area contributed by atoms with Crippen molar-refractivity contribution >= 4 is 5.91 Å². The Morgan fingerprint density at radius 2 is 2.40 bits per heavy atom. The molecule has 1 heterocycles. The summed E-state index contributed by atoms with van der Waals surface area (Å²) in [5, 5.41) is 3.04. The molecule has 0 saturated carbocycles. The first-order valence-electron chi connectivity index (χ1n) is 3.35. The molecule has 1 aliphatic rings. The van der Waals surface area contributed by atoms with Crippen LogP contribution in [0.1, 0.15) is 6.92 Å². The van der Waals surface area contributed by atoms with E-state index in [4.69, 9.17) is 10.5 Å². The Kier molecular flexibility index (Phi) is 2.24. The molecule has 58 valence electrons. The van der Waals surface area contributed by atoms with Crippen LogP contribution in [-0.2, 0) is 9.53 Å². The fourth-order valence-corrected chi connectivity index (χ4v) is 0.962. The molecule has 0 radical (unpaired) electrons. The minimum Gasteiger partial charge on any atom is -0.367 e. The Hall–Kier alpha value is -0.610. The molecule has 2 atom stereocenters. The normalized spacial score (nSPS) is 33.7. The molecule has 4 heteroatoms. The number of carbonyl (C=O) groups excluding carboxylic acids is 1. The van der Waals surface area contributed by atoms with E-state index in [0.29, 0.717) is 6.54 Å². The number of hydrogen-bond acceptors (Lipinski definition) is 3. The molecule has 3 N–H and O–H groups in total. The molecule has 0 aliphatic carbocycles. The minimum atomic E-state index is -0.441. The molecule has 1 fully saturated rings. The first-order valence-corrected chi connectivity index (χ1v) is 3.35. The lowest BCUT2D eigenvalue weighted by Crippen LogP contribution is -2.49. The third-order valence-electron chi connectivity index (χ3n) is 1.48. The number of nitrogens with two attached hydrogens (primary N) is 1. The fraction of sp³-hybridized carbons (Fsp3) is 0.833. The van der Waals surface area contributed by atoms with Gasteiger partial charge in [0.15, 0.2) is 0 Å². The SMILES string of the molecule is CC1CNCC(C(N)=O)O1. The molecule has 1 saturated heterocycles. The highest BCUT2D eigenvalue weighted by Gasteiger charge is 2.22. The van der Waals surface area contributed by atoms with Gasteiger partial charge in [-0.1, -0.05) is 0 Å². The number of carbonyl (C=O) groups is 1. The highest BCUT2D eigenvalue weighted by atomic mass is 16.5. The Bertz CT molecular complexity index is 138. The van der Waals surface area contributed by atoms with E-state index in [-0.39, 0.29) is 12.0 Å². The molecule has 1 amide bonds. The zero-order valence-corrected chi connectivity index (χ0v) is 5.96. The summed E-state index contributed by atoms with van der Waals surface area (Å²) in [6, 6.07) is 0. The molecule has 0 aromatic carbocycles. The van der Waals surface area contributed by atoms with Gasteiger partial charge in [0.1, 0.15) is 6.10 Å². The van der Waals surface area contributed by atoms with Crippen LogP contribution in [0.15, 0.2) is 0 Å². The molecule has 0 spiro atoms. The smallest absolute Gasteiger partial charge is 0.247 e. The summed E-state index contributed by atoms with van der Waals surface area (Å²) in [5.74, 6) is -0.390. The van der Waals surface area contributed by atoms with Crippen LogP contribution in [0.3, 0.4) is 0 Å². The Balaban J connectivity index is 2.39. The first-order chi connectivity index (χ1) is 4.70. The van der Waals surface area contributed by atoms with Crippen molar-refractivity contribution in [1.29, 1.82) is 0 Å². The van der Waals surface area contributed by atoms with Crippen LogP contribution in [0, 0.1) is 0 Å². The summed E-state index contributed by atoms with van der Waals surface area (Å²) in [4.78, 5) is 10.6. The van der Waals surface area contributed by atoms with Crippen LogP contribution < -0.4 is 11.1 Å². The van der Waals surface area contributed by atoms with Gasteiger partial charge >= 0.3 is 0 Å². The highest BCUT2D eigenvalue weighted by molar-refractivity contribution is 5.79. The number of nitrogens with one attached hydrogen (secondary N) is 1. The molecule has 0 aromatic rings. The van der Waals surface area contributed by atoms with E-state index >= 15 is 0 Å². The van der Waals surface area contributed by atoms with Crippen molar-refractivity contribution < 1.29 is 9.53 Å². The van der Waals surface area contributed by atoms with Gasteiger partial charge < -0.3 is 15.8 Å². The molecular weight excluding hydrogens is 132 g/mol. The van der Waals surface area contributed by atoms with Crippen molar-refractivity contribution in [2.45, 2.75) is 19.1 Å². The zero-order valence-electron chi connectivity index (χ0n) is 5.96. The molecular formula is C6H12N2O2. The van der Waals surface area contributed by atoms with E-state index < -0.39 is 6.10 Å². The van der Waals surface area contributed by atoms with E-state index in [1.54, 1.807) is 0 Å². The lowest BCUT2D eigenvalue weighted by molar-refractivity contribution is -0.135. The number of hydrogen-bond donors (Lipinski definition) is 2. The number of amides is 1. The van der Waals surface area contributed by atoms with E-state index in [9.17, 15) is 4.79 Å². The number of ether oxygens (including phenoxy) is 1. The fourth-order valence-electron chi connectivity index (χ4n) is 0.962. The second-order valence-corrected chi connectivity index (χ2v) is 2.50. The van der Waals surface area contributed by atoms with Crippen LogP contribution in [0.25, 0.3) is 0 Å². The average Bonchev–Trinajstić information content (AvgIpc) is 1.88. The predicted molar refractivity (Wildman–Crippen MR) is 36.4 cm³/mol. The standard InChI is InChI=1S/C6H12N2O2/c1-4-2-8-3-5(10-4)6(7)9/h4-5,8H,2-3H2,1H3,(H2,7,9). The van der Waals surface area contributed by atoms with Crippen LogP contribution in [-0.4, -0.2) is 31.2 Å². The number of morpholine rings is 1. The van der Waals surface area contributed by atoms with E-state index in [2.05, 4.69) is 5.32 Å². The van der Waals surface area contributed by atoms with Gasteiger partial charge in [-0.2, -0.15) is 0 Å². The Morgan fingerprint density at radius 1 is 1.70 bits per heavy atom. The monoisotopic (exact) mass is 144 g/mol. The van der Waals surface area contributed by atoms with E-state index in [1.807, 2.05) is 6.92 Å². The second-order valence-electron chi connectivity index (χ2n) is 2.50. The van der Waals surface area contributed by atoms with E-state index in [1.165, 1.54) is 0 Å². The molecule has 2 unspecified atom stereocenters. The highest BCUT2D eigenvalue weighted by Crippen LogP contribution is 2.01. The molecule has 10 heavy (non-hydrogen) atoms. The minimum absolute atomic E-state index is 0.0891. The lowest BCUT2D eigenvalue weighted by atomic mass is 10.2. The van der Waals surface area contributed by atoms with Gasteiger partial charge in [0, 0.05) is 13.1 Å². The van der Waals surface area contributed by atoms with Crippen LogP contribution >= 0.6 is 0 Å². The molecule has 4 nitrogen and oxygen atoms in total. The number of rotatable bonds is 1. The molecule has 1 aliphatic heterocycles. The molecule has 0 bridgehead atoms. The van der Waals surface area contributed by atoms with Crippen molar-refractivity contribution in [3.8, 4) is 0 Å². The largest absolute Gasteiger partial charge is 0.367 e. The summed E-state index contributed by atoms with van der Waals surface area (Å²) in [7, 11) is 0. The van der Waals surface area contributed by atoms with Gasteiger partial charge in [-0.05, 0) is 6.92 Å². The summed E-state index contributed by atoms with van der Waals surface area (Å²) < 4.78 is 5.21. The van der Waals surface area contributed by atoms with Gasteiger partial charge in [0.05, 0.1) is 6.10 Å². The Morgan fingerprint density at radius 3 is 2.80 bits per heavy atom. The topological polar surface area (TPSA) is 64.3 Å². The number of primary amides is 1. The van der Waals surface area contributed by atoms with Crippen molar-refractivity contribution in [3.63, 3.8) is 0 Å². The van der Waals surface area contributed by atoms with Crippen LogP contribution in [0.5, 0.6) is 0 Å². The quantitative estimate of drug-likeness (QED) is 0.488. The van der Waals surface area contributed by atoms with Gasteiger partial charge in [0.25, 0.3) is 0 Å². The summed E-state index contributed by atoms with van der Waals surface area (Å²) in [6.45, 7) is 3.24. The van der Waals surface area contributed by atoms with Gasteiger partial charge in [-0.3, -0.25) is 4.79 Å². The maximum absolute atomic E-state index is 10.6. The maximum Gasteiger partial charge on any atom is 0.247 e. The van der Waals surface area contributed by atoms with Crippen LogP contribution in [0.2, 0.25) is 0 Å². The van der Waals surface area contributed by atoms with Crippen molar-refractivity contribution in [1.82, 2.24) is 5.32 Å². The van der Waals surface area contributed by atoms with Crippen LogP contribution in [0.4, 0.5) is 0 Å². The summed E-state index contributed by atoms with van der Waals surface area (Å²) in [6.07, 6.45) is -0.352. The predicted octanol–water partition coefficient (Wildman–Crippen LogP) is -1.15. The Labute approximate surface area is 59.7 Å². The van der Waals surface area contributed by atoms with Gasteiger partial charge in [-0.15, -0.1) is 0 Å². The zero-order chi connectivity index (χ0) is 7.56. The van der Waals surface area contributed by atoms with Crippen molar-refractivity contribution in [2.75, 3.05) is 13.1 Å². The second kappa shape index (κ2) is 2.98. The van der Waals surface area contributed by atoms with E-state index in [0.717, 1.165) is 6.54 Å². The van der Waals surface area contributed by atoms with Crippen molar-refractivity contribution in [2.24, 2.45) is 5.73 Å². The summed E-state index contributed by atoms with van der Waals surface area (Å²) >= 11 is 0. The third-order valence-corrected chi connectivity index (χ3v) is 1.48. The molecule has 0 aromatic heterocycles. The first kappa shape index (κ1) is 7.50. The third kappa shape index (κ3) is 1.68. The maximum atomic E-state index is 10.6. The van der Waals surface area contributed by atoms with Gasteiger partial charge in [0.2, 0.25) is 5.91 Å². The van der Waals surface area contributed by atoms with Gasteiger partial charge in [-0.25, -0.2) is 0 Å². The lowest BCUT2D eigenvalue weighted by Gasteiger charge is -2.26.